The molecule has 0 unspecified atom stereocenters. The number of hydrogen-bond donors (Lipinski definition) is 2. The van der Waals surface area contributed by atoms with E-state index in [9.17, 15) is 0 Å². The highest BCUT2D eigenvalue weighted by Gasteiger charge is 2.12. The van der Waals surface area contributed by atoms with E-state index in [-0.39, 0.29) is 0 Å². The van der Waals surface area contributed by atoms with Crippen molar-refractivity contribution in [2.24, 2.45) is 5.92 Å². The van der Waals surface area contributed by atoms with Gasteiger partial charge in [-0.25, -0.2) is 0 Å². The van der Waals surface area contributed by atoms with Gasteiger partial charge in [-0.1, -0.05) is 19.9 Å². The summed E-state index contributed by atoms with van der Waals surface area (Å²) in [6.45, 7) is 9.78. The molecule has 2 heteroatoms. The van der Waals surface area contributed by atoms with E-state index in [1.165, 1.54) is 44.5 Å². The maximum absolute atomic E-state index is 4.05. The van der Waals surface area contributed by atoms with Gasteiger partial charge in [-0.2, -0.15) is 0 Å². The number of allylic oxidation sites excluding steroid dienone is 1. The van der Waals surface area contributed by atoms with Gasteiger partial charge in [-0.15, -0.1) is 0 Å². The van der Waals surface area contributed by atoms with E-state index in [2.05, 4.69) is 24.1 Å². The molecule has 1 fully saturated rings. The molecule has 2 N–H and O–H groups in total. The predicted octanol–water partition coefficient (Wildman–Crippen LogP) is 2.28. The lowest BCUT2D eigenvalue weighted by Crippen LogP contribution is -2.33. The van der Waals surface area contributed by atoms with Crippen molar-refractivity contribution in [3.63, 3.8) is 0 Å². The van der Waals surface area contributed by atoms with Gasteiger partial charge in [-0.3, -0.25) is 0 Å². The molecule has 0 aromatic rings. The first-order valence-electron chi connectivity index (χ1n) is 5.95. The number of unbranched alkanes of at least 4 members (excludes halogenated alkanes) is 1. The first kappa shape index (κ1) is 11.6. The van der Waals surface area contributed by atoms with Crippen molar-refractivity contribution in [3.05, 3.63) is 12.3 Å². The van der Waals surface area contributed by atoms with Crippen LogP contribution < -0.4 is 10.6 Å². The standard InChI is InChI=1S/C12H24N2/c1-3-4-5-11(2)14-10-12-6-8-13-9-7-12/h12-14H,2-10H2,1H3. The molecular weight excluding hydrogens is 172 g/mol. The zero-order valence-corrected chi connectivity index (χ0v) is 9.44. The molecule has 14 heavy (non-hydrogen) atoms. The second kappa shape index (κ2) is 6.88. The van der Waals surface area contributed by atoms with Crippen LogP contribution in [0.15, 0.2) is 12.3 Å². The summed E-state index contributed by atoms with van der Waals surface area (Å²) in [6.07, 6.45) is 6.29. The van der Waals surface area contributed by atoms with Crippen LogP contribution in [0.3, 0.4) is 0 Å². The monoisotopic (exact) mass is 196 g/mol. The number of nitrogens with one attached hydrogen (secondary N) is 2. The molecule has 1 rings (SSSR count). The van der Waals surface area contributed by atoms with Gasteiger partial charge in [0, 0.05) is 12.2 Å². The Balaban J connectivity index is 2.03. The van der Waals surface area contributed by atoms with Crippen LogP contribution in [-0.2, 0) is 0 Å². The summed E-state index contributed by atoms with van der Waals surface area (Å²) in [5.41, 5.74) is 1.23. The van der Waals surface area contributed by atoms with Crippen molar-refractivity contribution in [3.8, 4) is 0 Å². The molecule has 1 saturated heterocycles. The van der Waals surface area contributed by atoms with Crippen LogP contribution in [0.5, 0.6) is 0 Å². The number of rotatable bonds is 6. The van der Waals surface area contributed by atoms with Crippen molar-refractivity contribution in [2.75, 3.05) is 19.6 Å². The Labute approximate surface area is 88.2 Å². The molecule has 0 aromatic carbocycles. The van der Waals surface area contributed by atoms with Crippen molar-refractivity contribution in [1.29, 1.82) is 0 Å². The van der Waals surface area contributed by atoms with Crippen LogP contribution in [-0.4, -0.2) is 19.6 Å². The molecule has 0 bridgehead atoms. The van der Waals surface area contributed by atoms with Crippen LogP contribution in [0.4, 0.5) is 0 Å². The van der Waals surface area contributed by atoms with Crippen LogP contribution in [0.2, 0.25) is 0 Å². The molecule has 1 aliphatic rings. The van der Waals surface area contributed by atoms with Crippen molar-refractivity contribution >= 4 is 0 Å². The van der Waals surface area contributed by atoms with E-state index in [0.29, 0.717) is 0 Å². The van der Waals surface area contributed by atoms with Gasteiger partial charge in [0.15, 0.2) is 0 Å². The maximum Gasteiger partial charge on any atom is 0.0173 e. The van der Waals surface area contributed by atoms with E-state index >= 15 is 0 Å². The van der Waals surface area contributed by atoms with Crippen molar-refractivity contribution in [1.82, 2.24) is 10.6 Å². The van der Waals surface area contributed by atoms with E-state index in [4.69, 9.17) is 0 Å². The lowest BCUT2D eigenvalue weighted by Gasteiger charge is -2.23. The van der Waals surface area contributed by atoms with Gasteiger partial charge in [0.25, 0.3) is 0 Å². The molecule has 0 spiro atoms. The van der Waals surface area contributed by atoms with Crippen molar-refractivity contribution < 1.29 is 0 Å². The molecule has 82 valence electrons. The predicted molar refractivity (Wildman–Crippen MR) is 62.3 cm³/mol. The molecule has 1 aliphatic heterocycles. The Kier molecular flexibility index (Phi) is 5.69. The zero-order valence-electron chi connectivity index (χ0n) is 9.44. The normalized spacial score (nSPS) is 18.1. The fourth-order valence-electron chi connectivity index (χ4n) is 1.85. The summed E-state index contributed by atoms with van der Waals surface area (Å²) in [5.74, 6) is 0.856. The molecule has 0 amide bonds. The summed E-state index contributed by atoms with van der Waals surface area (Å²) in [7, 11) is 0. The van der Waals surface area contributed by atoms with Gasteiger partial charge in [0.05, 0.1) is 0 Å². The highest BCUT2D eigenvalue weighted by atomic mass is 14.9. The summed E-state index contributed by atoms with van der Waals surface area (Å²) in [6, 6.07) is 0. The quantitative estimate of drug-likeness (QED) is 0.681. The van der Waals surface area contributed by atoms with E-state index in [1.807, 2.05) is 0 Å². The minimum Gasteiger partial charge on any atom is -0.389 e. The molecule has 2 nitrogen and oxygen atoms in total. The Morgan fingerprint density at radius 1 is 1.43 bits per heavy atom. The van der Waals surface area contributed by atoms with E-state index < -0.39 is 0 Å². The first-order valence-corrected chi connectivity index (χ1v) is 5.95. The zero-order chi connectivity index (χ0) is 10.2. The highest BCUT2D eigenvalue weighted by Crippen LogP contribution is 2.11. The molecule has 0 radical (unpaired) electrons. The third-order valence-corrected chi connectivity index (χ3v) is 2.93. The van der Waals surface area contributed by atoms with Gasteiger partial charge < -0.3 is 10.6 Å². The van der Waals surface area contributed by atoms with Gasteiger partial charge in [-0.05, 0) is 44.7 Å². The van der Waals surface area contributed by atoms with E-state index in [0.717, 1.165) is 18.9 Å². The Morgan fingerprint density at radius 3 is 2.79 bits per heavy atom. The first-order chi connectivity index (χ1) is 6.83. The third-order valence-electron chi connectivity index (χ3n) is 2.93. The minimum atomic E-state index is 0.856. The van der Waals surface area contributed by atoms with Crippen LogP contribution in [0.1, 0.15) is 39.0 Å². The van der Waals surface area contributed by atoms with Gasteiger partial charge >= 0.3 is 0 Å². The maximum atomic E-state index is 4.05. The molecule has 0 aromatic heterocycles. The lowest BCUT2D eigenvalue weighted by atomic mass is 9.98. The highest BCUT2D eigenvalue weighted by molar-refractivity contribution is 4.91. The van der Waals surface area contributed by atoms with E-state index in [1.54, 1.807) is 0 Å². The average molecular weight is 196 g/mol. The molecule has 0 saturated carbocycles. The minimum absolute atomic E-state index is 0.856. The summed E-state index contributed by atoms with van der Waals surface area (Å²) < 4.78 is 0. The second-order valence-electron chi connectivity index (χ2n) is 4.28. The fourth-order valence-corrected chi connectivity index (χ4v) is 1.85. The third kappa shape index (κ3) is 4.66. The molecule has 0 atom stereocenters. The largest absolute Gasteiger partial charge is 0.389 e. The Bertz CT molecular complexity index is 160. The summed E-state index contributed by atoms with van der Waals surface area (Å²) in [5, 5.41) is 6.85. The average Bonchev–Trinajstić information content (AvgIpc) is 2.25. The molecular formula is C12H24N2. The van der Waals surface area contributed by atoms with Crippen LogP contribution in [0, 0.1) is 5.92 Å². The smallest absolute Gasteiger partial charge is 0.0173 e. The fraction of sp³-hybridized carbons (Fsp3) is 0.833. The van der Waals surface area contributed by atoms with Gasteiger partial charge in [0.1, 0.15) is 0 Å². The SMILES string of the molecule is C=C(CCCC)NCC1CCNCC1. The van der Waals surface area contributed by atoms with Crippen molar-refractivity contribution in [2.45, 2.75) is 39.0 Å². The molecule has 1 heterocycles. The summed E-state index contributed by atoms with van der Waals surface area (Å²) >= 11 is 0. The second-order valence-corrected chi connectivity index (χ2v) is 4.28. The van der Waals surface area contributed by atoms with Crippen LogP contribution >= 0.6 is 0 Å². The molecule has 0 aliphatic carbocycles. The number of hydrogen-bond acceptors (Lipinski definition) is 2. The van der Waals surface area contributed by atoms with Crippen LogP contribution in [0.25, 0.3) is 0 Å². The lowest BCUT2D eigenvalue weighted by molar-refractivity contribution is 0.364. The number of piperidine rings is 1. The Hall–Kier alpha value is -0.500. The van der Waals surface area contributed by atoms with Gasteiger partial charge in [0.2, 0.25) is 0 Å². The Morgan fingerprint density at radius 2 is 2.14 bits per heavy atom. The summed E-state index contributed by atoms with van der Waals surface area (Å²) in [4.78, 5) is 0. The topological polar surface area (TPSA) is 24.1 Å².